The van der Waals surface area contributed by atoms with Crippen LogP contribution in [0, 0.1) is 18.7 Å². The van der Waals surface area contributed by atoms with Crippen molar-refractivity contribution in [1.82, 2.24) is 5.32 Å². The maximum Gasteiger partial charge on any atom is 0.123 e. The number of hydrogen-bond acceptors (Lipinski definition) is 2. The maximum atomic E-state index is 13.2. The summed E-state index contributed by atoms with van der Waals surface area (Å²) in [6.07, 6.45) is 5.04. The third kappa shape index (κ3) is 4.79. The highest BCUT2D eigenvalue weighted by molar-refractivity contribution is 5.27. The second-order valence-corrected chi connectivity index (χ2v) is 6.18. The molecule has 118 valence electrons. The number of likely N-dealkylation sites (N-methyl/N-ethyl adjacent to an activating group) is 1. The van der Waals surface area contributed by atoms with E-state index in [0.29, 0.717) is 12.1 Å². The van der Waals surface area contributed by atoms with Crippen LogP contribution in [-0.4, -0.2) is 25.3 Å². The second-order valence-electron chi connectivity index (χ2n) is 6.18. The van der Waals surface area contributed by atoms with Crippen molar-refractivity contribution in [2.45, 2.75) is 58.6 Å². The Balaban J connectivity index is 1.87. The summed E-state index contributed by atoms with van der Waals surface area (Å²) < 4.78 is 18.8. The van der Waals surface area contributed by atoms with Gasteiger partial charge in [-0.25, -0.2) is 4.39 Å². The normalized spacial score (nSPS) is 22.9. The van der Waals surface area contributed by atoms with Crippen LogP contribution in [0.5, 0.6) is 0 Å². The SMILES string of the molecule is CCNC(Cc1ccc(F)cc1C)CC1CC(OCC)C1. The number of benzene rings is 1. The van der Waals surface area contributed by atoms with Gasteiger partial charge in [-0.3, -0.25) is 0 Å². The summed E-state index contributed by atoms with van der Waals surface area (Å²) in [6, 6.07) is 5.61. The number of aryl methyl sites for hydroxylation is 1. The van der Waals surface area contributed by atoms with E-state index in [1.54, 1.807) is 12.1 Å². The molecule has 0 aliphatic heterocycles. The van der Waals surface area contributed by atoms with Gasteiger partial charge in [-0.2, -0.15) is 0 Å². The topological polar surface area (TPSA) is 21.3 Å². The van der Waals surface area contributed by atoms with Crippen molar-refractivity contribution < 1.29 is 9.13 Å². The zero-order chi connectivity index (χ0) is 15.2. The fourth-order valence-electron chi connectivity index (χ4n) is 3.32. The van der Waals surface area contributed by atoms with Crippen LogP contribution in [0.3, 0.4) is 0 Å². The Morgan fingerprint density at radius 1 is 1.33 bits per heavy atom. The highest BCUT2D eigenvalue weighted by atomic mass is 19.1. The van der Waals surface area contributed by atoms with Crippen LogP contribution in [0.15, 0.2) is 18.2 Å². The van der Waals surface area contributed by atoms with Crippen LogP contribution >= 0.6 is 0 Å². The molecule has 0 heterocycles. The van der Waals surface area contributed by atoms with Crippen LogP contribution in [0.25, 0.3) is 0 Å². The molecule has 2 nitrogen and oxygen atoms in total. The predicted molar refractivity (Wildman–Crippen MR) is 85.1 cm³/mol. The first kappa shape index (κ1) is 16.4. The molecule has 1 saturated carbocycles. The molecule has 1 unspecified atom stereocenters. The Hall–Kier alpha value is -0.930. The number of hydrogen-bond donors (Lipinski definition) is 1. The van der Waals surface area contributed by atoms with E-state index in [1.165, 1.54) is 24.8 Å². The summed E-state index contributed by atoms with van der Waals surface area (Å²) in [7, 11) is 0. The summed E-state index contributed by atoms with van der Waals surface area (Å²) in [6.45, 7) is 8.01. The van der Waals surface area contributed by atoms with E-state index in [2.05, 4.69) is 19.2 Å². The molecule has 1 aromatic rings. The largest absolute Gasteiger partial charge is 0.378 e. The zero-order valence-corrected chi connectivity index (χ0v) is 13.5. The van der Waals surface area contributed by atoms with Gasteiger partial charge >= 0.3 is 0 Å². The standard InChI is InChI=1S/C18H28FNO/c1-4-20-17(9-14-10-18(11-14)21-5-2)12-15-6-7-16(19)8-13(15)3/h6-8,14,17-18,20H,4-5,9-12H2,1-3H3. The molecule has 1 N–H and O–H groups in total. The fraction of sp³-hybridized carbons (Fsp3) is 0.667. The third-order valence-electron chi connectivity index (χ3n) is 4.48. The first-order valence-corrected chi connectivity index (χ1v) is 8.22. The van der Waals surface area contributed by atoms with Gasteiger partial charge in [-0.1, -0.05) is 13.0 Å². The average Bonchev–Trinajstić information content (AvgIpc) is 2.39. The van der Waals surface area contributed by atoms with E-state index >= 15 is 0 Å². The summed E-state index contributed by atoms with van der Waals surface area (Å²) in [5.41, 5.74) is 2.31. The van der Waals surface area contributed by atoms with Gasteiger partial charge in [0.05, 0.1) is 6.10 Å². The van der Waals surface area contributed by atoms with E-state index in [4.69, 9.17) is 4.74 Å². The lowest BCUT2D eigenvalue weighted by molar-refractivity contribution is -0.0289. The fourth-order valence-corrected chi connectivity index (χ4v) is 3.32. The Labute approximate surface area is 128 Å². The van der Waals surface area contributed by atoms with Crippen molar-refractivity contribution in [3.05, 3.63) is 35.1 Å². The van der Waals surface area contributed by atoms with Crippen molar-refractivity contribution in [2.24, 2.45) is 5.92 Å². The minimum absolute atomic E-state index is 0.144. The Morgan fingerprint density at radius 3 is 2.71 bits per heavy atom. The highest BCUT2D eigenvalue weighted by Crippen LogP contribution is 2.34. The predicted octanol–water partition coefficient (Wildman–Crippen LogP) is 3.86. The monoisotopic (exact) mass is 293 g/mol. The first-order chi connectivity index (χ1) is 10.1. The van der Waals surface area contributed by atoms with E-state index in [0.717, 1.165) is 31.1 Å². The lowest BCUT2D eigenvalue weighted by atomic mass is 9.77. The van der Waals surface area contributed by atoms with E-state index < -0.39 is 0 Å². The zero-order valence-electron chi connectivity index (χ0n) is 13.5. The van der Waals surface area contributed by atoms with Gasteiger partial charge in [0, 0.05) is 12.6 Å². The second kappa shape index (κ2) is 7.90. The molecule has 0 aromatic heterocycles. The lowest BCUT2D eigenvalue weighted by Crippen LogP contribution is -2.39. The molecule has 0 amide bonds. The van der Waals surface area contributed by atoms with Gasteiger partial charge in [0.2, 0.25) is 0 Å². The molecule has 0 spiro atoms. The van der Waals surface area contributed by atoms with Crippen molar-refractivity contribution >= 4 is 0 Å². The summed E-state index contributed by atoms with van der Waals surface area (Å²) >= 11 is 0. The Kier molecular flexibility index (Phi) is 6.19. The average molecular weight is 293 g/mol. The van der Waals surface area contributed by atoms with Crippen molar-refractivity contribution in [1.29, 1.82) is 0 Å². The molecule has 3 heteroatoms. The number of ether oxygens (including phenoxy) is 1. The Bertz CT molecular complexity index is 443. The van der Waals surface area contributed by atoms with Gasteiger partial charge in [0.25, 0.3) is 0 Å². The molecule has 21 heavy (non-hydrogen) atoms. The van der Waals surface area contributed by atoms with Crippen molar-refractivity contribution in [3.8, 4) is 0 Å². The molecule has 2 rings (SSSR count). The molecule has 0 radical (unpaired) electrons. The van der Waals surface area contributed by atoms with Crippen LogP contribution in [0.4, 0.5) is 4.39 Å². The molecule has 0 saturated heterocycles. The van der Waals surface area contributed by atoms with E-state index in [1.807, 2.05) is 13.0 Å². The summed E-state index contributed by atoms with van der Waals surface area (Å²) in [5, 5.41) is 3.58. The minimum atomic E-state index is -0.144. The van der Waals surface area contributed by atoms with Crippen LogP contribution in [0.2, 0.25) is 0 Å². The van der Waals surface area contributed by atoms with Crippen LogP contribution in [-0.2, 0) is 11.2 Å². The summed E-state index contributed by atoms with van der Waals surface area (Å²) in [5.74, 6) is 0.626. The lowest BCUT2D eigenvalue weighted by Gasteiger charge is -2.37. The van der Waals surface area contributed by atoms with Gasteiger partial charge in [-0.15, -0.1) is 0 Å². The van der Waals surface area contributed by atoms with Gasteiger partial charge < -0.3 is 10.1 Å². The molecular formula is C18H28FNO. The van der Waals surface area contributed by atoms with E-state index in [-0.39, 0.29) is 5.82 Å². The van der Waals surface area contributed by atoms with Crippen molar-refractivity contribution in [3.63, 3.8) is 0 Å². The first-order valence-electron chi connectivity index (χ1n) is 8.22. The number of nitrogens with one attached hydrogen (secondary N) is 1. The molecule has 1 aromatic carbocycles. The molecule has 1 aliphatic rings. The molecule has 1 fully saturated rings. The number of halogens is 1. The van der Waals surface area contributed by atoms with E-state index in [9.17, 15) is 4.39 Å². The van der Waals surface area contributed by atoms with Gasteiger partial charge in [0.1, 0.15) is 5.82 Å². The maximum absolute atomic E-state index is 13.2. The van der Waals surface area contributed by atoms with Crippen molar-refractivity contribution in [2.75, 3.05) is 13.2 Å². The quantitative estimate of drug-likeness (QED) is 0.786. The molecule has 0 bridgehead atoms. The molecule has 1 atom stereocenters. The highest BCUT2D eigenvalue weighted by Gasteiger charge is 2.31. The van der Waals surface area contributed by atoms with Crippen LogP contribution in [0.1, 0.15) is 44.2 Å². The number of rotatable bonds is 8. The third-order valence-corrected chi connectivity index (χ3v) is 4.48. The van der Waals surface area contributed by atoms with Gasteiger partial charge in [0.15, 0.2) is 0 Å². The van der Waals surface area contributed by atoms with Gasteiger partial charge in [-0.05, 0) is 75.3 Å². The smallest absolute Gasteiger partial charge is 0.123 e. The summed E-state index contributed by atoms with van der Waals surface area (Å²) in [4.78, 5) is 0. The molecular weight excluding hydrogens is 265 g/mol. The molecule has 1 aliphatic carbocycles. The minimum Gasteiger partial charge on any atom is -0.378 e. The Morgan fingerprint density at radius 2 is 2.10 bits per heavy atom. The van der Waals surface area contributed by atoms with Crippen LogP contribution < -0.4 is 5.32 Å².